The topological polar surface area (TPSA) is 70.6 Å². The molecule has 2 unspecified atom stereocenters. The van der Waals surface area contributed by atoms with Crippen molar-refractivity contribution in [3.8, 4) is 0 Å². The third-order valence-electron chi connectivity index (χ3n) is 5.38. The summed E-state index contributed by atoms with van der Waals surface area (Å²) in [6, 6.07) is 14.8. The van der Waals surface area contributed by atoms with Crippen molar-refractivity contribution in [3.63, 3.8) is 0 Å². The Bertz CT molecular complexity index is 1330. The number of hydrogen-bond acceptors (Lipinski definition) is 4. The van der Waals surface area contributed by atoms with Gasteiger partial charge in [-0.25, -0.2) is 12.8 Å². The molecule has 4 rings (SSSR count). The summed E-state index contributed by atoms with van der Waals surface area (Å²) in [5.74, 6) is -0.610. The molecule has 33 heavy (non-hydrogen) atoms. The molecule has 1 heterocycles. The highest BCUT2D eigenvalue weighted by atomic mass is 35.5. The standard InChI is InChI=1S/C23H19Cl3FN3O2S/c1-13-2-8-17(11-20(13)27)33(31,32)30-23(18-9-7-16(25)10-19(18)26)22-12-21(28-29-22)14-3-5-15(24)6-4-14/h2-11,21,23,28,30H,12H2,1H3. The van der Waals surface area contributed by atoms with Gasteiger partial charge in [-0.15, -0.1) is 0 Å². The molecule has 0 spiro atoms. The van der Waals surface area contributed by atoms with Crippen molar-refractivity contribution in [2.24, 2.45) is 5.10 Å². The third kappa shape index (κ3) is 5.34. The lowest BCUT2D eigenvalue weighted by Gasteiger charge is -2.21. The van der Waals surface area contributed by atoms with E-state index >= 15 is 0 Å². The van der Waals surface area contributed by atoms with Gasteiger partial charge in [0.05, 0.1) is 22.7 Å². The minimum atomic E-state index is -4.11. The predicted molar refractivity (Wildman–Crippen MR) is 130 cm³/mol. The molecule has 3 aromatic rings. The number of hydrogen-bond donors (Lipinski definition) is 2. The second-order valence-corrected chi connectivity index (χ2v) is 10.7. The van der Waals surface area contributed by atoms with E-state index in [1.54, 1.807) is 31.2 Å². The second kappa shape index (κ2) is 9.60. The van der Waals surface area contributed by atoms with Gasteiger partial charge >= 0.3 is 0 Å². The van der Waals surface area contributed by atoms with E-state index in [-0.39, 0.29) is 16.0 Å². The summed E-state index contributed by atoms with van der Waals surface area (Å²) < 4.78 is 43.1. The molecule has 0 saturated carbocycles. The summed E-state index contributed by atoms with van der Waals surface area (Å²) in [7, 11) is -4.11. The third-order valence-corrected chi connectivity index (χ3v) is 7.62. The predicted octanol–water partition coefficient (Wildman–Crippen LogP) is 6.20. The summed E-state index contributed by atoms with van der Waals surface area (Å²) in [4.78, 5) is -0.193. The number of aryl methyl sites for hydroxylation is 1. The van der Waals surface area contributed by atoms with Crippen LogP contribution in [-0.2, 0) is 10.0 Å². The Kier molecular flexibility index (Phi) is 6.98. The van der Waals surface area contributed by atoms with Gasteiger partial charge in [0.2, 0.25) is 10.0 Å². The van der Waals surface area contributed by atoms with Crippen LogP contribution in [0.1, 0.15) is 35.2 Å². The molecule has 10 heteroatoms. The van der Waals surface area contributed by atoms with E-state index in [1.807, 2.05) is 12.1 Å². The highest BCUT2D eigenvalue weighted by Gasteiger charge is 2.32. The zero-order chi connectivity index (χ0) is 23.8. The van der Waals surface area contributed by atoms with Gasteiger partial charge in [-0.2, -0.15) is 9.82 Å². The first-order valence-electron chi connectivity index (χ1n) is 9.95. The number of benzene rings is 3. The molecule has 3 aromatic carbocycles. The molecule has 1 aliphatic heterocycles. The van der Waals surface area contributed by atoms with Crippen LogP contribution in [0.3, 0.4) is 0 Å². The minimum absolute atomic E-state index is 0.174. The smallest absolute Gasteiger partial charge is 0.241 e. The van der Waals surface area contributed by atoms with Crippen LogP contribution >= 0.6 is 34.8 Å². The number of halogens is 4. The fourth-order valence-electron chi connectivity index (χ4n) is 3.54. The normalized spacial score (nSPS) is 16.9. The van der Waals surface area contributed by atoms with Crippen molar-refractivity contribution in [1.29, 1.82) is 0 Å². The van der Waals surface area contributed by atoms with Crippen LogP contribution in [0, 0.1) is 12.7 Å². The van der Waals surface area contributed by atoms with E-state index in [1.165, 1.54) is 18.2 Å². The Hall–Kier alpha value is -2.16. The molecule has 2 atom stereocenters. The lowest BCUT2D eigenvalue weighted by molar-refractivity contribution is 0.572. The Labute approximate surface area is 206 Å². The van der Waals surface area contributed by atoms with Gasteiger partial charge in [0.1, 0.15) is 5.82 Å². The molecule has 0 aliphatic carbocycles. The van der Waals surface area contributed by atoms with E-state index in [2.05, 4.69) is 15.2 Å². The maximum atomic E-state index is 14.1. The van der Waals surface area contributed by atoms with Crippen LogP contribution in [0.25, 0.3) is 0 Å². The summed E-state index contributed by atoms with van der Waals surface area (Å²) in [5.41, 5.74) is 5.35. The fraction of sp³-hybridized carbons (Fsp3) is 0.174. The lowest BCUT2D eigenvalue weighted by Crippen LogP contribution is -2.34. The van der Waals surface area contributed by atoms with E-state index in [0.717, 1.165) is 11.6 Å². The molecular weight excluding hydrogens is 508 g/mol. The SMILES string of the molecule is Cc1ccc(S(=O)(=O)NC(C2=NNC(c3ccc(Cl)cc3)C2)c2ccc(Cl)cc2Cl)cc1F. The molecule has 0 amide bonds. The maximum absolute atomic E-state index is 14.1. The van der Waals surface area contributed by atoms with Gasteiger partial charge < -0.3 is 5.43 Å². The van der Waals surface area contributed by atoms with Crippen molar-refractivity contribution in [2.75, 3.05) is 0 Å². The van der Waals surface area contributed by atoms with Crippen molar-refractivity contribution >= 4 is 50.5 Å². The van der Waals surface area contributed by atoms with Crippen molar-refractivity contribution in [3.05, 3.63) is 98.2 Å². The van der Waals surface area contributed by atoms with E-state index in [9.17, 15) is 12.8 Å². The second-order valence-electron chi connectivity index (χ2n) is 7.67. The molecule has 0 aromatic heterocycles. The van der Waals surface area contributed by atoms with Crippen molar-refractivity contribution < 1.29 is 12.8 Å². The van der Waals surface area contributed by atoms with Crippen LogP contribution < -0.4 is 10.1 Å². The maximum Gasteiger partial charge on any atom is 0.241 e. The molecule has 5 nitrogen and oxygen atoms in total. The number of nitrogens with one attached hydrogen (secondary N) is 2. The van der Waals surface area contributed by atoms with E-state index in [0.29, 0.717) is 33.3 Å². The average molecular weight is 527 g/mol. The molecule has 0 bridgehead atoms. The summed E-state index contributed by atoms with van der Waals surface area (Å²) >= 11 is 18.4. The zero-order valence-corrected chi connectivity index (χ0v) is 20.4. The van der Waals surface area contributed by atoms with Crippen molar-refractivity contribution in [2.45, 2.75) is 30.3 Å². The molecule has 0 radical (unpaired) electrons. The minimum Gasteiger partial charge on any atom is -0.302 e. The van der Waals surface area contributed by atoms with Gasteiger partial charge in [0, 0.05) is 21.5 Å². The number of nitrogens with zero attached hydrogens (tertiary/aromatic N) is 1. The largest absolute Gasteiger partial charge is 0.302 e. The summed E-state index contributed by atoms with van der Waals surface area (Å²) in [5, 5.41) is 5.71. The first-order chi connectivity index (χ1) is 15.6. The van der Waals surface area contributed by atoms with E-state index < -0.39 is 21.9 Å². The highest BCUT2D eigenvalue weighted by Crippen LogP contribution is 2.33. The van der Waals surface area contributed by atoms with Crippen LogP contribution in [0.2, 0.25) is 15.1 Å². The molecule has 172 valence electrons. The quantitative estimate of drug-likeness (QED) is 0.401. The Balaban J connectivity index is 1.68. The van der Waals surface area contributed by atoms with Crippen LogP contribution in [0.4, 0.5) is 4.39 Å². The fourth-order valence-corrected chi connectivity index (χ4v) is 5.40. The molecule has 1 aliphatic rings. The van der Waals surface area contributed by atoms with E-state index in [4.69, 9.17) is 34.8 Å². The number of sulfonamides is 1. The molecule has 0 fully saturated rings. The first kappa shape index (κ1) is 24.0. The lowest BCUT2D eigenvalue weighted by atomic mass is 9.96. The van der Waals surface area contributed by atoms with Crippen LogP contribution in [0.15, 0.2) is 70.7 Å². The van der Waals surface area contributed by atoms with Crippen LogP contribution in [0.5, 0.6) is 0 Å². The molecular formula is C23H19Cl3FN3O2S. The Morgan fingerprint density at radius 2 is 1.73 bits per heavy atom. The van der Waals surface area contributed by atoms with Crippen molar-refractivity contribution in [1.82, 2.24) is 10.1 Å². The number of hydrazone groups is 1. The Morgan fingerprint density at radius 3 is 2.39 bits per heavy atom. The van der Waals surface area contributed by atoms with Gasteiger partial charge in [-0.1, -0.05) is 59.1 Å². The van der Waals surface area contributed by atoms with Gasteiger partial charge in [0.15, 0.2) is 0 Å². The highest BCUT2D eigenvalue weighted by molar-refractivity contribution is 7.89. The van der Waals surface area contributed by atoms with Gasteiger partial charge in [0.25, 0.3) is 0 Å². The van der Waals surface area contributed by atoms with Gasteiger partial charge in [-0.05, 0) is 60.0 Å². The van der Waals surface area contributed by atoms with Crippen LogP contribution in [-0.4, -0.2) is 14.1 Å². The average Bonchev–Trinajstić information content (AvgIpc) is 3.25. The Morgan fingerprint density at radius 1 is 1.03 bits per heavy atom. The zero-order valence-electron chi connectivity index (χ0n) is 17.3. The monoisotopic (exact) mass is 525 g/mol. The molecule has 0 saturated heterocycles. The summed E-state index contributed by atoms with van der Waals surface area (Å²) in [6.07, 6.45) is 0.413. The van der Waals surface area contributed by atoms with Gasteiger partial charge in [-0.3, -0.25) is 0 Å². The number of rotatable bonds is 6. The first-order valence-corrected chi connectivity index (χ1v) is 12.6. The summed E-state index contributed by atoms with van der Waals surface area (Å²) in [6.45, 7) is 1.56. The molecule has 2 N–H and O–H groups in total.